The van der Waals surface area contributed by atoms with Crippen molar-refractivity contribution in [3.8, 4) is 0 Å². The molecule has 2 N–H and O–H groups in total. The Kier molecular flexibility index (Phi) is 5.47. The van der Waals surface area contributed by atoms with Crippen LogP contribution < -0.4 is 10.6 Å². The molecule has 0 radical (unpaired) electrons. The lowest BCUT2D eigenvalue weighted by atomic mass is 10.0. The van der Waals surface area contributed by atoms with Gasteiger partial charge in [0.2, 0.25) is 5.91 Å². The van der Waals surface area contributed by atoms with E-state index < -0.39 is 0 Å². The Morgan fingerprint density at radius 1 is 1.26 bits per heavy atom. The lowest BCUT2D eigenvalue weighted by molar-refractivity contribution is -0.121. The molecule has 0 spiro atoms. The molecule has 0 aliphatic heterocycles. The van der Waals surface area contributed by atoms with Crippen molar-refractivity contribution in [1.29, 1.82) is 0 Å². The van der Waals surface area contributed by atoms with Gasteiger partial charge in [0.1, 0.15) is 0 Å². The van der Waals surface area contributed by atoms with Crippen molar-refractivity contribution in [3.05, 3.63) is 57.8 Å². The minimum Gasteiger partial charge on any atom is -0.347 e. The zero-order valence-corrected chi connectivity index (χ0v) is 14.4. The summed E-state index contributed by atoms with van der Waals surface area (Å²) in [6, 6.07) is 12.5. The molecule has 1 atom stereocenters. The van der Waals surface area contributed by atoms with Crippen LogP contribution in [-0.2, 0) is 11.2 Å². The summed E-state index contributed by atoms with van der Waals surface area (Å²) in [6.07, 6.45) is 3.44. The number of carbonyl (C=O) groups excluding carboxylic acids is 1. The molecule has 1 unspecified atom stereocenters. The highest BCUT2D eigenvalue weighted by atomic mass is 32.1. The predicted molar refractivity (Wildman–Crippen MR) is 95.7 cm³/mol. The van der Waals surface area contributed by atoms with Crippen LogP contribution in [0, 0.1) is 12.8 Å². The van der Waals surface area contributed by atoms with E-state index >= 15 is 0 Å². The summed E-state index contributed by atoms with van der Waals surface area (Å²) in [5, 5.41) is 8.58. The average molecular weight is 328 g/mol. The summed E-state index contributed by atoms with van der Waals surface area (Å²) >= 11 is 1.72. The molecule has 1 saturated carbocycles. The Hall–Kier alpha value is -1.65. The summed E-state index contributed by atoms with van der Waals surface area (Å²) in [7, 11) is 0. The number of hydrogen-bond acceptors (Lipinski definition) is 3. The predicted octanol–water partition coefficient (Wildman–Crippen LogP) is 3.46. The molecule has 1 amide bonds. The topological polar surface area (TPSA) is 41.1 Å². The van der Waals surface area contributed by atoms with Gasteiger partial charge < -0.3 is 10.6 Å². The molecule has 1 heterocycles. The number of rotatable bonds is 8. The fourth-order valence-corrected chi connectivity index (χ4v) is 3.74. The largest absolute Gasteiger partial charge is 0.347 e. The van der Waals surface area contributed by atoms with E-state index in [-0.39, 0.29) is 11.9 Å². The van der Waals surface area contributed by atoms with Crippen molar-refractivity contribution in [2.75, 3.05) is 13.1 Å². The summed E-state index contributed by atoms with van der Waals surface area (Å²) in [6.45, 7) is 3.49. The van der Waals surface area contributed by atoms with Crippen LogP contribution in [0.3, 0.4) is 0 Å². The Labute approximate surface area is 142 Å². The highest BCUT2D eigenvalue weighted by molar-refractivity contribution is 7.10. The maximum absolute atomic E-state index is 12.3. The van der Waals surface area contributed by atoms with Crippen LogP contribution in [0.1, 0.15) is 34.9 Å². The molecule has 1 aromatic heterocycles. The van der Waals surface area contributed by atoms with Gasteiger partial charge in [0.25, 0.3) is 0 Å². The summed E-state index contributed by atoms with van der Waals surface area (Å²) in [5.74, 6) is 0.877. The number of hydrogen-bond donors (Lipinski definition) is 2. The van der Waals surface area contributed by atoms with Crippen LogP contribution in [0.5, 0.6) is 0 Å². The van der Waals surface area contributed by atoms with Gasteiger partial charge in [-0.25, -0.2) is 0 Å². The first-order valence-corrected chi connectivity index (χ1v) is 9.18. The molecule has 122 valence electrons. The van der Waals surface area contributed by atoms with E-state index in [1.54, 1.807) is 11.3 Å². The zero-order valence-electron chi connectivity index (χ0n) is 13.5. The van der Waals surface area contributed by atoms with Crippen molar-refractivity contribution in [3.63, 3.8) is 0 Å². The Morgan fingerprint density at radius 2 is 2.04 bits per heavy atom. The van der Waals surface area contributed by atoms with Crippen molar-refractivity contribution >= 4 is 17.2 Å². The lowest BCUT2D eigenvalue weighted by Crippen LogP contribution is -2.37. The molecule has 4 heteroatoms. The Morgan fingerprint density at radius 3 is 2.70 bits per heavy atom. The third kappa shape index (κ3) is 4.91. The Balaban J connectivity index is 1.62. The maximum Gasteiger partial charge on any atom is 0.234 e. The molecule has 0 saturated heterocycles. The van der Waals surface area contributed by atoms with Gasteiger partial charge in [0.05, 0.1) is 12.6 Å². The van der Waals surface area contributed by atoms with E-state index in [0.29, 0.717) is 6.54 Å². The highest BCUT2D eigenvalue weighted by Crippen LogP contribution is 2.28. The molecule has 3 rings (SSSR count). The van der Waals surface area contributed by atoms with E-state index in [1.165, 1.54) is 28.8 Å². The van der Waals surface area contributed by atoms with Crippen LogP contribution in [0.4, 0.5) is 0 Å². The normalized spacial score (nSPS) is 15.3. The van der Waals surface area contributed by atoms with Gasteiger partial charge in [-0.1, -0.05) is 30.3 Å². The van der Waals surface area contributed by atoms with Crippen LogP contribution in [0.2, 0.25) is 0 Å². The summed E-state index contributed by atoms with van der Waals surface area (Å²) in [4.78, 5) is 13.5. The highest BCUT2D eigenvalue weighted by Gasteiger charge is 2.22. The zero-order chi connectivity index (χ0) is 16.1. The van der Waals surface area contributed by atoms with E-state index in [9.17, 15) is 4.79 Å². The third-order valence-corrected chi connectivity index (χ3v) is 5.38. The monoisotopic (exact) mass is 328 g/mol. The average Bonchev–Trinajstić information content (AvgIpc) is 3.27. The lowest BCUT2D eigenvalue weighted by Gasteiger charge is -2.19. The van der Waals surface area contributed by atoms with Gasteiger partial charge in [-0.2, -0.15) is 0 Å². The molecule has 1 aliphatic carbocycles. The fourth-order valence-electron chi connectivity index (χ4n) is 2.76. The second-order valence-electron chi connectivity index (χ2n) is 6.35. The molecular formula is C19H24N2OS. The second kappa shape index (κ2) is 7.75. The second-order valence-corrected chi connectivity index (χ2v) is 7.30. The number of aryl methyl sites for hydroxylation is 1. The van der Waals surface area contributed by atoms with Crippen molar-refractivity contribution < 1.29 is 4.79 Å². The molecule has 23 heavy (non-hydrogen) atoms. The van der Waals surface area contributed by atoms with E-state index in [2.05, 4.69) is 41.1 Å². The van der Waals surface area contributed by atoms with Gasteiger partial charge in [-0.3, -0.25) is 4.79 Å². The molecule has 2 aromatic rings. The van der Waals surface area contributed by atoms with Crippen LogP contribution >= 0.6 is 11.3 Å². The summed E-state index contributed by atoms with van der Waals surface area (Å²) in [5.41, 5.74) is 2.50. The Bertz CT molecular complexity index is 634. The van der Waals surface area contributed by atoms with Crippen molar-refractivity contribution in [1.82, 2.24) is 10.6 Å². The van der Waals surface area contributed by atoms with Gasteiger partial charge >= 0.3 is 0 Å². The van der Waals surface area contributed by atoms with Crippen LogP contribution in [0.15, 0.2) is 41.8 Å². The number of benzene rings is 1. The van der Waals surface area contributed by atoms with E-state index in [4.69, 9.17) is 0 Å². The third-order valence-electron chi connectivity index (χ3n) is 4.25. The minimum absolute atomic E-state index is 0.0487. The molecule has 1 fully saturated rings. The van der Waals surface area contributed by atoms with Gasteiger partial charge in [-0.15, -0.1) is 11.3 Å². The first-order chi connectivity index (χ1) is 11.2. The smallest absolute Gasteiger partial charge is 0.234 e. The molecule has 1 aromatic carbocycles. The molecule has 3 nitrogen and oxygen atoms in total. The maximum atomic E-state index is 12.3. The molecule has 1 aliphatic rings. The first-order valence-electron chi connectivity index (χ1n) is 8.30. The van der Waals surface area contributed by atoms with Gasteiger partial charge in [-0.05, 0) is 61.2 Å². The van der Waals surface area contributed by atoms with Gasteiger partial charge in [0.15, 0.2) is 0 Å². The number of nitrogens with one attached hydrogen (secondary N) is 2. The molecular weight excluding hydrogens is 304 g/mol. The van der Waals surface area contributed by atoms with E-state index in [0.717, 1.165) is 18.9 Å². The standard InChI is InChI=1S/C19H24N2OS/c1-14-9-10-23-19(14)17(11-15-5-3-2-4-6-15)21-18(22)13-20-12-16-7-8-16/h2-6,9-10,16-17,20H,7-8,11-13H2,1H3,(H,21,22). The number of carbonyl (C=O) groups is 1. The van der Waals surface area contributed by atoms with Crippen molar-refractivity contribution in [2.45, 2.75) is 32.2 Å². The quantitative estimate of drug-likeness (QED) is 0.779. The SMILES string of the molecule is Cc1ccsc1C(Cc1ccccc1)NC(=O)CNCC1CC1. The number of amides is 1. The fraction of sp³-hybridized carbons (Fsp3) is 0.421. The first kappa shape index (κ1) is 16.2. The molecule has 0 bridgehead atoms. The van der Waals surface area contributed by atoms with E-state index in [1.807, 2.05) is 18.2 Å². The van der Waals surface area contributed by atoms with Crippen molar-refractivity contribution in [2.24, 2.45) is 5.92 Å². The van der Waals surface area contributed by atoms with Crippen LogP contribution in [-0.4, -0.2) is 19.0 Å². The minimum atomic E-state index is 0.0487. The van der Waals surface area contributed by atoms with Gasteiger partial charge in [0, 0.05) is 4.88 Å². The van der Waals surface area contributed by atoms with Crippen LogP contribution in [0.25, 0.3) is 0 Å². The number of thiophene rings is 1. The summed E-state index contributed by atoms with van der Waals surface area (Å²) < 4.78 is 0.